The van der Waals surface area contributed by atoms with Gasteiger partial charge in [-0.25, -0.2) is 4.79 Å². The molecule has 27 heavy (non-hydrogen) atoms. The fourth-order valence-corrected chi connectivity index (χ4v) is 4.06. The second-order valence-corrected chi connectivity index (χ2v) is 7.46. The van der Waals surface area contributed by atoms with Crippen LogP contribution in [-0.4, -0.2) is 27.5 Å². The molecule has 2 aromatic heterocycles. The molecule has 0 N–H and O–H groups in total. The molecule has 1 aliphatic rings. The van der Waals surface area contributed by atoms with Crippen molar-refractivity contribution in [3.05, 3.63) is 57.4 Å². The number of nitrogens with zero attached hydrogens (tertiary/aromatic N) is 3. The molecule has 1 amide bonds. The SMILES string of the molecule is CC(=O)N1c2ccc(C(=O)Cn3nc(-c4cccs4)oc3=O)cc2C[C@@H]1C. The lowest BCUT2D eigenvalue weighted by molar-refractivity contribution is -0.116. The zero-order chi connectivity index (χ0) is 19.1. The van der Waals surface area contributed by atoms with Crippen LogP contribution in [0.25, 0.3) is 10.8 Å². The number of Topliss-reactive ketones (excluding diaryl/α,β-unsaturated/α-hetero) is 1. The molecule has 138 valence electrons. The largest absolute Gasteiger partial charge is 0.437 e. The Morgan fingerprint density at radius 1 is 1.33 bits per heavy atom. The van der Waals surface area contributed by atoms with Gasteiger partial charge in [0.1, 0.15) is 6.54 Å². The van der Waals surface area contributed by atoms with Crippen LogP contribution in [0.3, 0.4) is 0 Å². The predicted molar refractivity (Wildman–Crippen MR) is 101 cm³/mol. The summed E-state index contributed by atoms with van der Waals surface area (Å²) in [6, 6.07) is 8.96. The van der Waals surface area contributed by atoms with Crippen LogP contribution < -0.4 is 10.7 Å². The van der Waals surface area contributed by atoms with Crippen molar-refractivity contribution >= 4 is 28.7 Å². The van der Waals surface area contributed by atoms with Gasteiger partial charge in [-0.05, 0) is 48.6 Å². The maximum Gasteiger partial charge on any atom is 0.437 e. The van der Waals surface area contributed by atoms with Gasteiger partial charge in [-0.15, -0.1) is 16.4 Å². The Labute approximate surface area is 158 Å². The molecule has 3 aromatic rings. The lowest BCUT2D eigenvalue weighted by Crippen LogP contribution is -2.33. The van der Waals surface area contributed by atoms with Crippen molar-refractivity contribution in [1.82, 2.24) is 9.78 Å². The maximum atomic E-state index is 12.6. The van der Waals surface area contributed by atoms with Crippen molar-refractivity contribution < 1.29 is 14.0 Å². The summed E-state index contributed by atoms with van der Waals surface area (Å²) in [4.78, 5) is 38.9. The Bertz CT molecular complexity index is 1080. The highest BCUT2D eigenvalue weighted by Gasteiger charge is 2.29. The van der Waals surface area contributed by atoms with Crippen LogP contribution in [0.15, 0.2) is 44.9 Å². The Balaban J connectivity index is 1.58. The van der Waals surface area contributed by atoms with E-state index < -0.39 is 5.76 Å². The number of benzene rings is 1. The average molecular weight is 383 g/mol. The summed E-state index contributed by atoms with van der Waals surface area (Å²) < 4.78 is 6.17. The molecule has 0 fully saturated rings. The van der Waals surface area contributed by atoms with Gasteiger partial charge in [-0.1, -0.05) is 6.07 Å². The lowest BCUT2D eigenvalue weighted by Gasteiger charge is -2.20. The number of carbonyl (C=O) groups excluding carboxylic acids is 2. The Hall–Kier alpha value is -3.00. The second kappa shape index (κ2) is 6.62. The zero-order valence-corrected chi connectivity index (χ0v) is 15.7. The predicted octanol–water partition coefficient (Wildman–Crippen LogP) is 2.75. The highest BCUT2D eigenvalue weighted by molar-refractivity contribution is 7.13. The molecule has 3 heterocycles. The summed E-state index contributed by atoms with van der Waals surface area (Å²) in [5.41, 5.74) is 2.28. The molecule has 1 aliphatic heterocycles. The molecular weight excluding hydrogens is 366 g/mol. The van der Waals surface area contributed by atoms with Crippen LogP contribution in [0.1, 0.15) is 29.8 Å². The quantitative estimate of drug-likeness (QED) is 0.647. The molecule has 0 saturated heterocycles. The normalized spacial score (nSPS) is 15.8. The fourth-order valence-electron chi connectivity index (χ4n) is 3.42. The maximum absolute atomic E-state index is 12.6. The summed E-state index contributed by atoms with van der Waals surface area (Å²) >= 11 is 1.40. The zero-order valence-electron chi connectivity index (χ0n) is 14.8. The first-order valence-electron chi connectivity index (χ1n) is 8.52. The van der Waals surface area contributed by atoms with E-state index >= 15 is 0 Å². The standard InChI is InChI=1S/C19H17N3O4S/c1-11-8-14-9-13(5-6-15(14)22(11)12(2)23)16(24)10-21-19(25)26-18(20-21)17-4-3-7-27-17/h3-7,9,11H,8,10H2,1-2H3/t11-/m0/s1. The molecule has 0 unspecified atom stereocenters. The first kappa shape index (κ1) is 17.4. The molecule has 0 radical (unpaired) electrons. The Morgan fingerprint density at radius 2 is 2.15 bits per heavy atom. The van der Waals surface area contributed by atoms with Crippen molar-refractivity contribution in [2.45, 2.75) is 32.9 Å². The van der Waals surface area contributed by atoms with E-state index in [0.717, 1.165) is 20.8 Å². The summed E-state index contributed by atoms with van der Waals surface area (Å²) in [7, 11) is 0. The Kier molecular flexibility index (Phi) is 4.27. The molecule has 0 bridgehead atoms. The summed E-state index contributed by atoms with van der Waals surface area (Å²) in [5, 5.41) is 5.97. The van der Waals surface area contributed by atoms with Gasteiger partial charge in [0.05, 0.1) is 4.88 Å². The molecule has 7 nitrogen and oxygen atoms in total. The van der Waals surface area contributed by atoms with Gasteiger partial charge in [0.2, 0.25) is 5.91 Å². The number of amides is 1. The van der Waals surface area contributed by atoms with E-state index in [0.29, 0.717) is 12.0 Å². The minimum Gasteiger partial charge on any atom is -0.387 e. The summed E-state index contributed by atoms with van der Waals surface area (Å²) in [6.45, 7) is 3.31. The number of fused-ring (bicyclic) bond motifs is 1. The molecule has 0 spiro atoms. The minimum absolute atomic E-state index is 0.0180. The third kappa shape index (κ3) is 3.12. The van der Waals surface area contributed by atoms with Gasteiger partial charge < -0.3 is 9.32 Å². The smallest absolute Gasteiger partial charge is 0.387 e. The number of hydrogen-bond donors (Lipinski definition) is 0. The molecule has 8 heteroatoms. The van der Waals surface area contributed by atoms with Gasteiger partial charge in [0, 0.05) is 24.2 Å². The summed E-state index contributed by atoms with van der Waals surface area (Å²) in [6.07, 6.45) is 0.697. The van der Waals surface area contributed by atoms with E-state index in [1.165, 1.54) is 18.3 Å². The van der Waals surface area contributed by atoms with Crippen LogP contribution in [0.5, 0.6) is 0 Å². The lowest BCUT2D eigenvalue weighted by atomic mass is 10.0. The molecule has 4 rings (SSSR count). The molecular formula is C19H17N3O4S. The van der Waals surface area contributed by atoms with Crippen molar-refractivity contribution in [2.24, 2.45) is 0 Å². The van der Waals surface area contributed by atoms with Crippen LogP contribution >= 0.6 is 11.3 Å². The van der Waals surface area contributed by atoms with E-state index in [-0.39, 0.29) is 30.2 Å². The van der Waals surface area contributed by atoms with Crippen molar-refractivity contribution in [2.75, 3.05) is 4.90 Å². The van der Waals surface area contributed by atoms with E-state index in [9.17, 15) is 14.4 Å². The van der Waals surface area contributed by atoms with E-state index in [4.69, 9.17) is 4.42 Å². The van der Waals surface area contributed by atoms with E-state index in [2.05, 4.69) is 5.10 Å². The van der Waals surface area contributed by atoms with Gasteiger partial charge in [-0.3, -0.25) is 9.59 Å². The number of ketones is 1. The van der Waals surface area contributed by atoms with Crippen LogP contribution in [-0.2, 0) is 17.8 Å². The average Bonchev–Trinajstić information content (AvgIpc) is 3.32. The number of thiophene rings is 1. The van der Waals surface area contributed by atoms with Gasteiger partial charge in [-0.2, -0.15) is 4.68 Å². The highest BCUT2D eigenvalue weighted by Crippen LogP contribution is 2.33. The molecule has 1 atom stereocenters. The van der Waals surface area contributed by atoms with Gasteiger partial charge in [0.15, 0.2) is 5.78 Å². The number of anilines is 1. The second-order valence-electron chi connectivity index (χ2n) is 6.52. The molecule has 0 aliphatic carbocycles. The monoisotopic (exact) mass is 383 g/mol. The van der Waals surface area contributed by atoms with Gasteiger partial charge in [0.25, 0.3) is 5.89 Å². The van der Waals surface area contributed by atoms with E-state index in [1.807, 2.05) is 18.4 Å². The summed E-state index contributed by atoms with van der Waals surface area (Å²) in [5.74, 6) is -0.706. The van der Waals surface area contributed by atoms with Crippen molar-refractivity contribution in [3.8, 4) is 10.8 Å². The third-order valence-electron chi connectivity index (χ3n) is 4.59. The topological polar surface area (TPSA) is 85.4 Å². The molecule has 0 saturated carbocycles. The number of hydrogen-bond acceptors (Lipinski definition) is 6. The number of rotatable bonds is 4. The van der Waals surface area contributed by atoms with Crippen LogP contribution in [0.4, 0.5) is 5.69 Å². The fraction of sp³-hybridized carbons (Fsp3) is 0.263. The molecule has 1 aromatic carbocycles. The van der Waals surface area contributed by atoms with Crippen molar-refractivity contribution in [1.29, 1.82) is 0 Å². The van der Waals surface area contributed by atoms with Crippen LogP contribution in [0, 0.1) is 0 Å². The Morgan fingerprint density at radius 3 is 2.85 bits per heavy atom. The number of aromatic nitrogens is 2. The highest BCUT2D eigenvalue weighted by atomic mass is 32.1. The van der Waals surface area contributed by atoms with Crippen molar-refractivity contribution in [3.63, 3.8) is 0 Å². The number of carbonyl (C=O) groups is 2. The first-order valence-corrected chi connectivity index (χ1v) is 9.40. The third-order valence-corrected chi connectivity index (χ3v) is 5.45. The van der Waals surface area contributed by atoms with E-state index in [1.54, 1.807) is 29.2 Å². The minimum atomic E-state index is -0.663. The van der Waals surface area contributed by atoms with Crippen LogP contribution in [0.2, 0.25) is 0 Å². The first-order chi connectivity index (χ1) is 12.9. The van der Waals surface area contributed by atoms with Gasteiger partial charge >= 0.3 is 5.76 Å².